The van der Waals surface area contributed by atoms with Crippen molar-refractivity contribution in [1.82, 2.24) is 9.78 Å². The average Bonchev–Trinajstić information content (AvgIpc) is 2.34. The van der Waals surface area contributed by atoms with Crippen LogP contribution in [0.4, 0.5) is 0 Å². The van der Waals surface area contributed by atoms with Gasteiger partial charge in [-0.1, -0.05) is 5.57 Å². The minimum absolute atomic E-state index is 0.0319. The van der Waals surface area contributed by atoms with Gasteiger partial charge in [0.2, 0.25) is 5.78 Å². The number of hydrogen-bond acceptors (Lipinski definition) is 2. The van der Waals surface area contributed by atoms with E-state index in [1.807, 2.05) is 13.8 Å². The van der Waals surface area contributed by atoms with E-state index in [0.717, 1.165) is 5.57 Å². The number of ketones is 1. The predicted octanol–water partition coefficient (Wildman–Crippen LogP) is 1.57. The third-order valence-corrected chi connectivity index (χ3v) is 1.39. The molecule has 1 aromatic heterocycles. The second kappa shape index (κ2) is 3.34. The van der Waals surface area contributed by atoms with Crippen LogP contribution in [0.2, 0.25) is 0 Å². The van der Waals surface area contributed by atoms with E-state index >= 15 is 0 Å². The number of carbonyl (C=O) groups excluding carboxylic acids is 1. The molecule has 0 bridgehead atoms. The summed E-state index contributed by atoms with van der Waals surface area (Å²) >= 11 is 0. The highest BCUT2D eigenvalue weighted by Crippen LogP contribution is 1.99. The minimum Gasteiger partial charge on any atom is -0.287 e. The summed E-state index contributed by atoms with van der Waals surface area (Å²) in [6.07, 6.45) is 3.34. The second-order valence-electron chi connectivity index (χ2n) is 2.96. The van der Waals surface area contributed by atoms with Crippen molar-refractivity contribution < 1.29 is 4.79 Å². The molecule has 0 atom stereocenters. The Balaban J connectivity index is 2.86. The molecule has 0 amide bonds. The van der Waals surface area contributed by atoms with Crippen molar-refractivity contribution in [2.24, 2.45) is 7.05 Å². The van der Waals surface area contributed by atoms with E-state index in [1.54, 1.807) is 30.1 Å². The van der Waals surface area contributed by atoms with Crippen LogP contribution in [0.1, 0.15) is 24.3 Å². The van der Waals surface area contributed by atoms with Crippen molar-refractivity contribution in [3.05, 3.63) is 29.6 Å². The fourth-order valence-electron chi connectivity index (χ4n) is 0.883. The van der Waals surface area contributed by atoms with Gasteiger partial charge >= 0.3 is 0 Å². The number of aryl methyl sites for hydroxylation is 1. The number of rotatable bonds is 2. The predicted molar refractivity (Wildman–Crippen MR) is 47.0 cm³/mol. The maximum absolute atomic E-state index is 11.3. The molecular weight excluding hydrogens is 152 g/mol. The van der Waals surface area contributed by atoms with Crippen molar-refractivity contribution in [3.8, 4) is 0 Å². The van der Waals surface area contributed by atoms with Crippen LogP contribution in [-0.4, -0.2) is 15.6 Å². The Kier molecular flexibility index (Phi) is 2.43. The van der Waals surface area contributed by atoms with Crippen LogP contribution in [0.3, 0.4) is 0 Å². The average molecular weight is 164 g/mol. The van der Waals surface area contributed by atoms with Crippen LogP contribution in [0.25, 0.3) is 0 Å². The molecule has 12 heavy (non-hydrogen) atoms. The zero-order chi connectivity index (χ0) is 9.14. The lowest BCUT2D eigenvalue weighted by Gasteiger charge is -1.89. The fourth-order valence-corrected chi connectivity index (χ4v) is 0.883. The molecule has 3 heteroatoms. The number of aromatic nitrogens is 2. The summed E-state index contributed by atoms with van der Waals surface area (Å²) < 4.78 is 1.62. The van der Waals surface area contributed by atoms with E-state index in [-0.39, 0.29) is 5.78 Å². The van der Waals surface area contributed by atoms with E-state index in [4.69, 9.17) is 0 Å². The minimum atomic E-state index is -0.0319. The summed E-state index contributed by atoms with van der Waals surface area (Å²) in [5, 5.41) is 3.99. The standard InChI is InChI=1S/C9H12N2O/c1-7(2)6-9(12)8-4-5-11(3)10-8/h4-6H,1-3H3. The van der Waals surface area contributed by atoms with Crippen LogP contribution in [0, 0.1) is 0 Å². The Hall–Kier alpha value is -1.38. The Morgan fingerprint density at radius 2 is 2.25 bits per heavy atom. The van der Waals surface area contributed by atoms with Gasteiger partial charge in [0, 0.05) is 13.2 Å². The van der Waals surface area contributed by atoms with Gasteiger partial charge in [0.05, 0.1) is 0 Å². The summed E-state index contributed by atoms with van der Waals surface area (Å²) in [7, 11) is 1.79. The van der Waals surface area contributed by atoms with E-state index in [9.17, 15) is 4.79 Å². The number of hydrogen-bond donors (Lipinski definition) is 0. The summed E-state index contributed by atoms with van der Waals surface area (Å²) in [4.78, 5) is 11.3. The molecule has 1 heterocycles. The topological polar surface area (TPSA) is 34.9 Å². The summed E-state index contributed by atoms with van der Waals surface area (Å²) in [6, 6.07) is 1.71. The molecule has 0 aromatic carbocycles. The van der Waals surface area contributed by atoms with E-state index in [1.165, 1.54) is 0 Å². The first-order chi connectivity index (χ1) is 5.59. The summed E-state index contributed by atoms with van der Waals surface area (Å²) in [6.45, 7) is 3.78. The smallest absolute Gasteiger partial charge is 0.205 e. The van der Waals surface area contributed by atoms with Gasteiger partial charge in [0.25, 0.3) is 0 Å². The van der Waals surface area contributed by atoms with Gasteiger partial charge in [0.1, 0.15) is 5.69 Å². The Bertz CT molecular complexity index is 319. The molecule has 0 spiro atoms. The third-order valence-electron chi connectivity index (χ3n) is 1.39. The number of carbonyl (C=O) groups is 1. The van der Waals surface area contributed by atoms with Crippen LogP contribution in [0.5, 0.6) is 0 Å². The molecule has 0 aliphatic rings. The lowest BCUT2D eigenvalue weighted by molar-refractivity contribution is 0.104. The highest BCUT2D eigenvalue weighted by atomic mass is 16.1. The zero-order valence-electron chi connectivity index (χ0n) is 7.53. The molecule has 0 unspecified atom stereocenters. The number of nitrogens with zero attached hydrogens (tertiary/aromatic N) is 2. The van der Waals surface area contributed by atoms with Gasteiger partial charge < -0.3 is 0 Å². The largest absolute Gasteiger partial charge is 0.287 e. The lowest BCUT2D eigenvalue weighted by atomic mass is 10.2. The second-order valence-corrected chi connectivity index (χ2v) is 2.96. The van der Waals surface area contributed by atoms with Crippen molar-refractivity contribution >= 4 is 5.78 Å². The van der Waals surface area contributed by atoms with Gasteiger partial charge in [-0.25, -0.2) is 0 Å². The first-order valence-corrected chi connectivity index (χ1v) is 3.78. The Labute approximate surface area is 71.7 Å². The molecule has 0 radical (unpaired) electrons. The van der Waals surface area contributed by atoms with Crippen molar-refractivity contribution in [3.63, 3.8) is 0 Å². The van der Waals surface area contributed by atoms with Gasteiger partial charge in [-0.2, -0.15) is 5.10 Å². The molecule has 3 nitrogen and oxygen atoms in total. The van der Waals surface area contributed by atoms with Gasteiger partial charge in [-0.3, -0.25) is 9.48 Å². The fraction of sp³-hybridized carbons (Fsp3) is 0.333. The summed E-state index contributed by atoms with van der Waals surface area (Å²) in [5.74, 6) is -0.0319. The van der Waals surface area contributed by atoms with Crippen LogP contribution < -0.4 is 0 Å². The molecule has 0 N–H and O–H groups in total. The zero-order valence-corrected chi connectivity index (χ0v) is 7.53. The first kappa shape index (κ1) is 8.71. The Morgan fingerprint density at radius 3 is 2.67 bits per heavy atom. The molecule has 0 saturated heterocycles. The van der Waals surface area contributed by atoms with Gasteiger partial charge in [-0.05, 0) is 26.0 Å². The molecule has 1 aromatic rings. The van der Waals surface area contributed by atoms with Crippen LogP contribution in [-0.2, 0) is 7.05 Å². The quantitative estimate of drug-likeness (QED) is 0.491. The van der Waals surface area contributed by atoms with E-state index in [2.05, 4.69) is 5.10 Å². The SMILES string of the molecule is CC(C)=CC(=O)c1ccn(C)n1. The third kappa shape index (κ3) is 2.05. The van der Waals surface area contributed by atoms with E-state index < -0.39 is 0 Å². The Morgan fingerprint density at radius 1 is 1.58 bits per heavy atom. The maximum Gasteiger partial charge on any atom is 0.205 e. The van der Waals surface area contributed by atoms with Crippen molar-refractivity contribution in [1.29, 1.82) is 0 Å². The van der Waals surface area contributed by atoms with Gasteiger partial charge in [0.15, 0.2) is 0 Å². The maximum atomic E-state index is 11.3. The molecular formula is C9H12N2O. The van der Waals surface area contributed by atoms with Crippen molar-refractivity contribution in [2.45, 2.75) is 13.8 Å². The highest BCUT2D eigenvalue weighted by Gasteiger charge is 2.04. The highest BCUT2D eigenvalue weighted by molar-refractivity contribution is 6.03. The molecule has 0 aliphatic heterocycles. The molecule has 0 fully saturated rings. The molecule has 64 valence electrons. The summed E-state index contributed by atoms with van der Waals surface area (Å²) in [5.41, 5.74) is 1.49. The molecule has 0 saturated carbocycles. The van der Waals surface area contributed by atoms with Crippen molar-refractivity contribution in [2.75, 3.05) is 0 Å². The molecule has 0 aliphatic carbocycles. The van der Waals surface area contributed by atoms with Gasteiger partial charge in [-0.15, -0.1) is 0 Å². The van der Waals surface area contributed by atoms with E-state index in [0.29, 0.717) is 5.69 Å². The van der Waals surface area contributed by atoms with Crippen LogP contribution in [0.15, 0.2) is 23.9 Å². The normalized spacial score (nSPS) is 9.58. The lowest BCUT2D eigenvalue weighted by Crippen LogP contribution is -1.98. The van der Waals surface area contributed by atoms with Crippen LogP contribution >= 0.6 is 0 Å². The monoisotopic (exact) mass is 164 g/mol. The number of allylic oxidation sites excluding steroid dienone is 2. The molecule has 1 rings (SSSR count). The first-order valence-electron chi connectivity index (χ1n) is 3.78.